The first kappa shape index (κ1) is 9.55. The fourth-order valence-corrected chi connectivity index (χ4v) is 1.56. The molecule has 1 radical (unpaired) electrons. The number of H-pyrrole nitrogens is 1. The first-order chi connectivity index (χ1) is 6.81. The lowest BCUT2D eigenvalue weighted by Crippen LogP contribution is -1.81. The smallest absolute Gasteiger partial charge is 0.184 e. The fraction of sp³-hybridized carbons (Fsp3) is 0. The van der Waals surface area contributed by atoms with Gasteiger partial charge in [0.05, 0.1) is 5.02 Å². The molecule has 1 aromatic carbocycles. The molecule has 2 aromatic rings. The Morgan fingerprint density at radius 3 is 2.79 bits per heavy atom. The Morgan fingerprint density at radius 2 is 2.14 bits per heavy atom. The Morgan fingerprint density at radius 1 is 1.36 bits per heavy atom. The number of aromatic nitrogens is 3. The quantitative estimate of drug-likeness (QED) is 0.798. The van der Waals surface area contributed by atoms with Crippen LogP contribution >= 0.6 is 23.4 Å². The third-order valence-corrected chi connectivity index (χ3v) is 2.50. The molecule has 5 heteroatoms. The highest BCUT2D eigenvalue weighted by Crippen LogP contribution is 2.25. The van der Waals surface area contributed by atoms with Crippen molar-refractivity contribution in [2.24, 2.45) is 0 Å². The van der Waals surface area contributed by atoms with Crippen molar-refractivity contribution >= 4 is 23.4 Å². The fourth-order valence-electron chi connectivity index (χ4n) is 1.07. The summed E-state index contributed by atoms with van der Waals surface area (Å²) in [7, 11) is 0. The first-order valence-corrected chi connectivity index (χ1v) is 5.27. The number of aromatic amines is 1. The van der Waals surface area contributed by atoms with E-state index in [2.05, 4.69) is 21.4 Å². The second-order valence-corrected chi connectivity index (χ2v) is 3.67. The summed E-state index contributed by atoms with van der Waals surface area (Å²) in [6.45, 7) is 0. The van der Waals surface area contributed by atoms with Crippen LogP contribution < -0.4 is 0 Å². The Balaban J connectivity index is 2.44. The zero-order chi connectivity index (χ0) is 9.97. The molecule has 1 aromatic heterocycles. The van der Waals surface area contributed by atoms with E-state index in [0.29, 0.717) is 16.0 Å². The van der Waals surface area contributed by atoms with E-state index in [9.17, 15) is 0 Å². The number of hydrogen-bond acceptors (Lipinski definition) is 3. The van der Waals surface area contributed by atoms with Crippen LogP contribution in [0.4, 0.5) is 0 Å². The Labute approximate surface area is 90.9 Å². The van der Waals surface area contributed by atoms with Crippen molar-refractivity contribution in [3.05, 3.63) is 35.5 Å². The third-order valence-electron chi connectivity index (χ3n) is 1.72. The highest BCUT2D eigenvalue weighted by molar-refractivity contribution is 8.00. The third kappa shape index (κ3) is 1.76. The van der Waals surface area contributed by atoms with Gasteiger partial charge in [0.1, 0.15) is 0 Å². The molecule has 0 atom stereocenters. The minimum atomic E-state index is 0.599. The number of hydrogen-bond donors (Lipinski definition) is 1. The van der Waals surface area contributed by atoms with Gasteiger partial charge in [-0.1, -0.05) is 35.5 Å². The van der Waals surface area contributed by atoms with Crippen LogP contribution in [0, 0.1) is 6.26 Å². The predicted octanol–water partition coefficient (Wildman–Crippen LogP) is 3.01. The molecule has 0 amide bonds. The maximum absolute atomic E-state index is 5.99. The van der Waals surface area contributed by atoms with Crippen LogP contribution in [-0.4, -0.2) is 15.2 Å². The molecule has 0 saturated heterocycles. The van der Waals surface area contributed by atoms with Gasteiger partial charge in [-0.15, -0.1) is 0 Å². The molecule has 0 aliphatic rings. The average molecular weight is 225 g/mol. The molecule has 0 bridgehead atoms. The van der Waals surface area contributed by atoms with E-state index < -0.39 is 0 Å². The van der Waals surface area contributed by atoms with Crippen LogP contribution in [0.2, 0.25) is 5.02 Å². The van der Waals surface area contributed by atoms with E-state index in [1.165, 1.54) is 11.8 Å². The maximum atomic E-state index is 5.99. The van der Waals surface area contributed by atoms with Gasteiger partial charge >= 0.3 is 0 Å². The number of halogens is 1. The largest absolute Gasteiger partial charge is 0.254 e. The summed E-state index contributed by atoms with van der Waals surface area (Å²) in [6, 6.07) is 7.46. The Bertz CT molecular complexity index is 441. The zero-order valence-electron chi connectivity index (χ0n) is 7.20. The molecule has 0 saturated carbocycles. The molecule has 3 nitrogen and oxygen atoms in total. The molecular formula is C9H7ClN3S. The van der Waals surface area contributed by atoms with Gasteiger partial charge < -0.3 is 0 Å². The van der Waals surface area contributed by atoms with Crippen LogP contribution in [0.25, 0.3) is 11.4 Å². The summed E-state index contributed by atoms with van der Waals surface area (Å²) in [5, 5.41) is 8.12. The normalized spacial score (nSPS) is 10.4. The second kappa shape index (κ2) is 4.02. The molecule has 0 unspecified atom stereocenters. The SMILES string of the molecule is [CH2]Sc1nc(-c2ccccc2Cl)n[nH]1. The van der Waals surface area contributed by atoms with Gasteiger partial charge in [0.25, 0.3) is 0 Å². The number of rotatable bonds is 2. The van der Waals surface area contributed by atoms with Crippen LogP contribution in [0.1, 0.15) is 0 Å². The van der Waals surface area contributed by atoms with Gasteiger partial charge in [0, 0.05) is 11.8 Å². The van der Waals surface area contributed by atoms with Gasteiger partial charge in [-0.2, -0.15) is 5.10 Å². The number of thioether (sulfide) groups is 1. The van der Waals surface area contributed by atoms with Crippen molar-refractivity contribution < 1.29 is 0 Å². The van der Waals surface area contributed by atoms with Crippen molar-refractivity contribution in [2.45, 2.75) is 5.16 Å². The van der Waals surface area contributed by atoms with Gasteiger partial charge in [-0.3, -0.25) is 5.10 Å². The second-order valence-electron chi connectivity index (χ2n) is 2.59. The van der Waals surface area contributed by atoms with Crippen LogP contribution in [0.3, 0.4) is 0 Å². The highest BCUT2D eigenvalue weighted by Gasteiger charge is 2.07. The zero-order valence-corrected chi connectivity index (χ0v) is 8.77. The monoisotopic (exact) mass is 224 g/mol. The van der Waals surface area contributed by atoms with Crippen molar-refractivity contribution in [1.82, 2.24) is 15.2 Å². The molecular weight excluding hydrogens is 218 g/mol. The lowest BCUT2D eigenvalue weighted by Gasteiger charge is -1.96. The van der Waals surface area contributed by atoms with E-state index >= 15 is 0 Å². The summed E-state index contributed by atoms with van der Waals surface area (Å²) >= 11 is 7.26. The summed E-state index contributed by atoms with van der Waals surface area (Å²) in [5.74, 6) is 0.599. The van der Waals surface area contributed by atoms with Crippen LogP contribution in [0.5, 0.6) is 0 Å². The molecule has 14 heavy (non-hydrogen) atoms. The van der Waals surface area contributed by atoms with E-state index in [4.69, 9.17) is 11.6 Å². The van der Waals surface area contributed by atoms with E-state index in [-0.39, 0.29) is 0 Å². The van der Waals surface area contributed by atoms with E-state index in [0.717, 1.165) is 5.56 Å². The molecule has 71 valence electrons. The van der Waals surface area contributed by atoms with Crippen molar-refractivity contribution in [3.63, 3.8) is 0 Å². The molecule has 0 fully saturated rings. The minimum absolute atomic E-state index is 0.599. The summed E-state index contributed by atoms with van der Waals surface area (Å²) in [4.78, 5) is 4.21. The molecule has 0 aliphatic carbocycles. The van der Waals surface area contributed by atoms with Crippen LogP contribution in [0.15, 0.2) is 29.4 Å². The number of benzene rings is 1. The average Bonchev–Trinajstić information content (AvgIpc) is 2.67. The molecule has 0 aliphatic heterocycles. The van der Waals surface area contributed by atoms with Gasteiger partial charge in [-0.25, -0.2) is 4.98 Å². The lowest BCUT2D eigenvalue weighted by molar-refractivity contribution is 0.977. The Kier molecular flexibility index (Phi) is 2.74. The summed E-state index contributed by atoms with van der Waals surface area (Å²) < 4.78 is 0. The number of nitrogens with zero attached hydrogens (tertiary/aromatic N) is 2. The van der Waals surface area contributed by atoms with Crippen molar-refractivity contribution in [1.29, 1.82) is 0 Å². The maximum Gasteiger partial charge on any atom is 0.184 e. The van der Waals surface area contributed by atoms with Crippen LogP contribution in [-0.2, 0) is 0 Å². The molecule has 2 rings (SSSR count). The Hall–Kier alpha value is -1.00. The van der Waals surface area contributed by atoms with E-state index in [1.54, 1.807) is 0 Å². The summed E-state index contributed by atoms with van der Waals surface area (Å²) in [6.07, 6.45) is 3.64. The topological polar surface area (TPSA) is 41.6 Å². The predicted molar refractivity (Wildman–Crippen MR) is 58.0 cm³/mol. The minimum Gasteiger partial charge on any atom is -0.254 e. The van der Waals surface area contributed by atoms with Gasteiger partial charge in [-0.05, 0) is 12.1 Å². The summed E-state index contributed by atoms with van der Waals surface area (Å²) in [5.41, 5.74) is 0.825. The lowest BCUT2D eigenvalue weighted by atomic mass is 10.2. The van der Waals surface area contributed by atoms with Crippen molar-refractivity contribution in [3.8, 4) is 11.4 Å². The van der Waals surface area contributed by atoms with Gasteiger partial charge in [0.2, 0.25) is 0 Å². The van der Waals surface area contributed by atoms with Gasteiger partial charge in [0.15, 0.2) is 11.0 Å². The van der Waals surface area contributed by atoms with Crippen molar-refractivity contribution in [2.75, 3.05) is 0 Å². The molecule has 1 N–H and O–H groups in total. The number of nitrogens with one attached hydrogen (secondary N) is 1. The first-order valence-electron chi connectivity index (χ1n) is 3.90. The standard InChI is InChI=1S/C9H7ClN3S/c1-14-9-11-8(12-13-9)6-4-2-3-5-7(6)10/h2-5H,1H2,(H,11,12,13). The van der Waals surface area contributed by atoms with E-state index in [1.807, 2.05) is 24.3 Å². The molecule has 1 heterocycles. The molecule has 0 spiro atoms. The highest BCUT2D eigenvalue weighted by atomic mass is 35.5.